The van der Waals surface area contributed by atoms with E-state index < -0.39 is 17.7 Å². The zero-order valence-electron chi connectivity index (χ0n) is 24.0. The molecule has 4 rings (SSSR count). The zero-order chi connectivity index (χ0) is 27.0. The maximum Gasteiger partial charge on any atom is 0.248 e. The van der Waals surface area contributed by atoms with Crippen LogP contribution in [-0.4, -0.2) is 73.8 Å². The van der Waals surface area contributed by atoms with Gasteiger partial charge in [-0.2, -0.15) is 5.10 Å². The summed E-state index contributed by atoms with van der Waals surface area (Å²) in [4.78, 5) is 31.8. The Morgan fingerprint density at radius 1 is 1.11 bits per heavy atom. The van der Waals surface area contributed by atoms with Gasteiger partial charge in [0.15, 0.2) is 0 Å². The second-order valence-corrected chi connectivity index (χ2v) is 12.7. The minimum atomic E-state index is -0.815. The summed E-state index contributed by atoms with van der Waals surface area (Å²) in [6, 6.07) is -0.815. The second kappa shape index (κ2) is 11.0. The van der Waals surface area contributed by atoms with Crippen LogP contribution >= 0.6 is 0 Å². The second-order valence-electron chi connectivity index (χ2n) is 12.7. The van der Waals surface area contributed by atoms with E-state index in [9.17, 15) is 14.7 Å². The SMILES string of the molecule is CCCCN1C(=O)[C@@H]([C@H](O)C2CCCCC2)NC(=O)C12CCN(Cc1c(C)nn(C(C)(C)C)c1C)CC2. The van der Waals surface area contributed by atoms with E-state index in [1.54, 1.807) is 0 Å². The van der Waals surface area contributed by atoms with Gasteiger partial charge in [-0.1, -0.05) is 32.6 Å². The first-order chi connectivity index (χ1) is 17.5. The van der Waals surface area contributed by atoms with Crippen molar-refractivity contribution in [2.24, 2.45) is 5.92 Å². The van der Waals surface area contributed by atoms with E-state index >= 15 is 0 Å². The van der Waals surface area contributed by atoms with Gasteiger partial charge in [-0.15, -0.1) is 0 Å². The van der Waals surface area contributed by atoms with Crippen molar-refractivity contribution in [2.45, 2.75) is 129 Å². The number of nitrogens with zero attached hydrogens (tertiary/aromatic N) is 4. The van der Waals surface area contributed by atoms with Gasteiger partial charge in [0, 0.05) is 37.4 Å². The van der Waals surface area contributed by atoms with Gasteiger partial charge in [0.1, 0.15) is 11.6 Å². The van der Waals surface area contributed by atoms with Gasteiger partial charge in [0.05, 0.1) is 17.3 Å². The molecule has 37 heavy (non-hydrogen) atoms. The quantitative estimate of drug-likeness (QED) is 0.578. The molecule has 1 aliphatic carbocycles. The molecule has 8 heteroatoms. The maximum absolute atomic E-state index is 13.8. The Hall–Kier alpha value is -1.93. The lowest BCUT2D eigenvalue weighted by molar-refractivity contribution is -0.166. The van der Waals surface area contributed by atoms with Gasteiger partial charge in [0.25, 0.3) is 0 Å². The molecule has 0 aromatic carbocycles. The Bertz CT molecular complexity index is 967. The molecule has 1 aromatic heterocycles. The average Bonchev–Trinajstić information content (AvgIpc) is 3.16. The van der Waals surface area contributed by atoms with Crippen molar-refractivity contribution < 1.29 is 14.7 Å². The average molecular weight is 516 g/mol. The third-order valence-corrected chi connectivity index (χ3v) is 9.11. The molecule has 3 aliphatic rings. The van der Waals surface area contributed by atoms with Gasteiger partial charge >= 0.3 is 0 Å². The highest BCUT2D eigenvalue weighted by Gasteiger charge is 2.55. The van der Waals surface area contributed by atoms with Crippen molar-refractivity contribution in [3.63, 3.8) is 0 Å². The molecule has 3 heterocycles. The molecule has 1 aromatic rings. The number of aliphatic hydroxyl groups excluding tert-OH is 1. The van der Waals surface area contributed by atoms with E-state index in [-0.39, 0.29) is 23.3 Å². The number of likely N-dealkylation sites (tertiary alicyclic amines) is 1. The monoisotopic (exact) mass is 515 g/mol. The summed E-state index contributed by atoms with van der Waals surface area (Å²) in [7, 11) is 0. The predicted octanol–water partition coefficient (Wildman–Crippen LogP) is 3.66. The summed E-state index contributed by atoms with van der Waals surface area (Å²) in [5.74, 6) is -0.0687. The van der Waals surface area contributed by atoms with Gasteiger partial charge in [-0.3, -0.25) is 19.2 Å². The number of hydrogen-bond donors (Lipinski definition) is 2. The number of aliphatic hydroxyl groups is 1. The molecule has 2 aliphatic heterocycles. The fourth-order valence-electron chi connectivity index (χ4n) is 6.82. The molecule has 3 fully saturated rings. The van der Waals surface area contributed by atoms with E-state index in [2.05, 4.69) is 56.4 Å². The van der Waals surface area contributed by atoms with Crippen LogP contribution in [-0.2, 0) is 21.7 Å². The van der Waals surface area contributed by atoms with Crippen LogP contribution in [0.15, 0.2) is 0 Å². The molecular weight excluding hydrogens is 466 g/mol. The summed E-state index contributed by atoms with van der Waals surface area (Å²) >= 11 is 0. The number of piperazine rings is 1. The standard InChI is InChI=1S/C29H49N5O3/c1-7-8-16-33-26(36)24(25(35)22-12-10-9-11-13-22)30-27(37)29(33)14-17-32(18-15-29)19-23-20(2)31-34(21(23)3)28(4,5)6/h22,24-25,35H,7-19H2,1-6H3,(H,30,37)/t24-,25-/m1/s1. The lowest BCUT2D eigenvalue weighted by Crippen LogP contribution is -2.75. The van der Waals surface area contributed by atoms with Crippen molar-refractivity contribution in [1.29, 1.82) is 0 Å². The largest absolute Gasteiger partial charge is 0.390 e. The lowest BCUT2D eigenvalue weighted by Gasteiger charge is -2.52. The molecule has 8 nitrogen and oxygen atoms in total. The summed E-state index contributed by atoms with van der Waals surface area (Å²) in [6.07, 6.45) is 7.48. The zero-order valence-corrected chi connectivity index (χ0v) is 24.0. The molecular formula is C29H49N5O3. The third-order valence-electron chi connectivity index (χ3n) is 9.11. The van der Waals surface area contributed by atoms with Crippen LogP contribution in [0.4, 0.5) is 0 Å². The Labute approximate surface area is 223 Å². The molecule has 2 N–H and O–H groups in total. The van der Waals surface area contributed by atoms with Crippen molar-refractivity contribution in [1.82, 2.24) is 24.9 Å². The molecule has 208 valence electrons. The Morgan fingerprint density at radius 3 is 2.32 bits per heavy atom. The number of carbonyl (C=O) groups excluding carboxylic acids is 2. The van der Waals surface area contributed by atoms with Crippen LogP contribution in [0.5, 0.6) is 0 Å². The van der Waals surface area contributed by atoms with E-state index in [0.717, 1.165) is 63.9 Å². The van der Waals surface area contributed by atoms with Crippen LogP contribution in [0.25, 0.3) is 0 Å². The summed E-state index contributed by atoms with van der Waals surface area (Å²) < 4.78 is 2.11. The van der Waals surface area contributed by atoms with E-state index in [0.29, 0.717) is 19.4 Å². The predicted molar refractivity (Wildman–Crippen MR) is 145 cm³/mol. The topological polar surface area (TPSA) is 90.7 Å². The smallest absolute Gasteiger partial charge is 0.248 e. The number of amides is 2. The van der Waals surface area contributed by atoms with Crippen molar-refractivity contribution >= 4 is 11.8 Å². The van der Waals surface area contributed by atoms with Gasteiger partial charge in [0.2, 0.25) is 11.8 Å². The number of carbonyl (C=O) groups is 2. The van der Waals surface area contributed by atoms with Crippen LogP contribution in [0.1, 0.15) is 102 Å². The molecule has 0 radical (unpaired) electrons. The first kappa shape index (κ1) is 28.1. The highest BCUT2D eigenvalue weighted by atomic mass is 16.3. The minimum absolute atomic E-state index is 0.0713. The van der Waals surface area contributed by atoms with Crippen LogP contribution in [0.3, 0.4) is 0 Å². The number of piperidine rings is 1. The summed E-state index contributed by atoms with van der Waals surface area (Å²) in [5.41, 5.74) is 2.62. The molecule has 1 spiro atoms. The number of nitrogens with one attached hydrogen (secondary N) is 1. The van der Waals surface area contributed by atoms with Crippen LogP contribution < -0.4 is 5.32 Å². The highest BCUT2D eigenvalue weighted by Crippen LogP contribution is 2.37. The number of rotatable bonds is 7. The number of aryl methyl sites for hydroxylation is 1. The summed E-state index contributed by atoms with van der Waals surface area (Å²) in [6.45, 7) is 15.7. The maximum atomic E-state index is 13.8. The molecule has 2 atom stereocenters. The molecule has 1 saturated carbocycles. The molecule has 2 amide bonds. The lowest BCUT2D eigenvalue weighted by atomic mass is 9.78. The van der Waals surface area contributed by atoms with E-state index in [1.165, 1.54) is 17.7 Å². The highest BCUT2D eigenvalue weighted by molar-refractivity contribution is 6.00. The first-order valence-electron chi connectivity index (χ1n) is 14.6. The normalized spacial score (nSPS) is 24.5. The van der Waals surface area contributed by atoms with Crippen molar-refractivity contribution in [3.05, 3.63) is 17.0 Å². The van der Waals surface area contributed by atoms with Crippen LogP contribution in [0.2, 0.25) is 0 Å². The van der Waals surface area contributed by atoms with Gasteiger partial charge in [-0.25, -0.2) is 0 Å². The van der Waals surface area contributed by atoms with E-state index in [1.807, 2.05) is 4.90 Å². The van der Waals surface area contributed by atoms with Gasteiger partial charge in [-0.05, 0) is 72.6 Å². The van der Waals surface area contributed by atoms with Gasteiger partial charge < -0.3 is 15.3 Å². The molecule has 0 unspecified atom stereocenters. The first-order valence-corrected chi connectivity index (χ1v) is 14.6. The number of aromatic nitrogens is 2. The van der Waals surface area contributed by atoms with Crippen LogP contribution in [0, 0.1) is 19.8 Å². The Kier molecular flexibility index (Phi) is 8.39. The van der Waals surface area contributed by atoms with E-state index in [4.69, 9.17) is 5.10 Å². The summed E-state index contributed by atoms with van der Waals surface area (Å²) in [5, 5.41) is 19.0. The van der Waals surface area contributed by atoms with Crippen molar-refractivity contribution in [3.8, 4) is 0 Å². The minimum Gasteiger partial charge on any atom is -0.390 e. The number of unbranched alkanes of at least 4 members (excludes halogenated alkanes) is 1. The number of hydrogen-bond acceptors (Lipinski definition) is 5. The Balaban J connectivity index is 1.49. The fourth-order valence-corrected chi connectivity index (χ4v) is 6.82. The van der Waals surface area contributed by atoms with Crippen molar-refractivity contribution in [2.75, 3.05) is 19.6 Å². The molecule has 0 bridgehead atoms. The fraction of sp³-hybridized carbons (Fsp3) is 0.828. The molecule has 2 saturated heterocycles. The third kappa shape index (κ3) is 5.47. The Morgan fingerprint density at radius 2 is 1.76 bits per heavy atom.